The molecule has 4 aromatic carbocycles. The molecule has 2 aromatic heterocycles. The lowest BCUT2D eigenvalue weighted by Gasteiger charge is -2.08. The van der Waals surface area contributed by atoms with Crippen LogP contribution in [-0.2, 0) is 0 Å². The van der Waals surface area contributed by atoms with E-state index < -0.39 is 0 Å². The van der Waals surface area contributed by atoms with Gasteiger partial charge in [0.1, 0.15) is 17.0 Å². The number of halogens is 1. The van der Waals surface area contributed by atoms with Crippen LogP contribution < -0.4 is 0 Å². The largest absolute Gasteiger partial charge is 0.335 e. The average molecular weight is 503 g/mol. The predicted octanol–water partition coefficient (Wildman–Crippen LogP) is 7.78. The maximum absolute atomic E-state index is 4.95. The van der Waals surface area contributed by atoms with Gasteiger partial charge >= 0.3 is 0 Å². The number of fused-ring (bicyclic) bond motifs is 1. The first-order valence-electron chi connectivity index (χ1n) is 11.0. The molecule has 0 atom stereocenters. The number of imidazole rings is 1. The Morgan fingerprint density at radius 1 is 0.529 bits per heavy atom. The summed E-state index contributed by atoms with van der Waals surface area (Å²) in [5, 5.41) is 0. The van der Waals surface area contributed by atoms with Gasteiger partial charge in [-0.1, -0.05) is 113 Å². The molecule has 0 aliphatic rings. The summed E-state index contributed by atoms with van der Waals surface area (Å²) in [7, 11) is 0. The van der Waals surface area contributed by atoms with Gasteiger partial charge in [0.25, 0.3) is 0 Å². The molecule has 0 aliphatic heterocycles. The Morgan fingerprint density at radius 3 is 1.85 bits per heavy atom. The summed E-state index contributed by atoms with van der Waals surface area (Å²) in [6, 6.07) is 36.8. The quantitative estimate of drug-likeness (QED) is 0.267. The van der Waals surface area contributed by atoms with Crippen molar-refractivity contribution in [3.05, 3.63) is 114 Å². The lowest BCUT2D eigenvalue weighted by Crippen LogP contribution is -1.94. The molecule has 2 heterocycles. The molecular formula is C29H19BrN4. The molecule has 0 bridgehead atoms. The molecule has 162 valence electrons. The minimum Gasteiger partial charge on any atom is -0.335 e. The fourth-order valence-electron chi connectivity index (χ4n) is 4.12. The SMILES string of the molecule is Brc1ccc(-c2ccccc2-c2nc3nc(-c4ccccc4)nc(-c4ccccc4)c3[nH]2)cc1. The Hall–Kier alpha value is -4.09. The topological polar surface area (TPSA) is 54.5 Å². The van der Waals surface area contributed by atoms with Crippen LogP contribution in [-0.4, -0.2) is 19.9 Å². The molecule has 5 heteroatoms. The molecule has 0 amide bonds. The fraction of sp³-hybridized carbons (Fsp3) is 0. The number of nitrogens with zero attached hydrogens (tertiary/aromatic N) is 3. The number of aromatic amines is 1. The van der Waals surface area contributed by atoms with Gasteiger partial charge in [-0.15, -0.1) is 0 Å². The van der Waals surface area contributed by atoms with Gasteiger partial charge in [-0.3, -0.25) is 0 Å². The van der Waals surface area contributed by atoms with Gasteiger partial charge < -0.3 is 4.98 Å². The number of benzene rings is 4. The van der Waals surface area contributed by atoms with Crippen molar-refractivity contribution in [1.82, 2.24) is 19.9 Å². The van der Waals surface area contributed by atoms with Crippen LogP contribution in [0.15, 0.2) is 114 Å². The molecule has 1 N–H and O–H groups in total. The Labute approximate surface area is 205 Å². The van der Waals surface area contributed by atoms with Gasteiger partial charge in [0.15, 0.2) is 11.5 Å². The smallest absolute Gasteiger partial charge is 0.182 e. The number of rotatable bonds is 4. The van der Waals surface area contributed by atoms with E-state index in [2.05, 4.69) is 69.4 Å². The molecular weight excluding hydrogens is 484 g/mol. The predicted molar refractivity (Wildman–Crippen MR) is 141 cm³/mol. The van der Waals surface area contributed by atoms with Crippen molar-refractivity contribution >= 4 is 27.1 Å². The minimum absolute atomic E-state index is 0.647. The molecule has 0 unspecified atom stereocenters. The van der Waals surface area contributed by atoms with E-state index in [1.165, 1.54) is 0 Å². The Morgan fingerprint density at radius 2 is 1.15 bits per heavy atom. The monoisotopic (exact) mass is 502 g/mol. The maximum Gasteiger partial charge on any atom is 0.182 e. The van der Waals surface area contributed by atoms with Gasteiger partial charge in [-0.2, -0.15) is 0 Å². The summed E-state index contributed by atoms with van der Waals surface area (Å²) < 4.78 is 1.05. The highest BCUT2D eigenvalue weighted by Crippen LogP contribution is 2.34. The molecule has 0 fully saturated rings. The maximum atomic E-state index is 4.95. The van der Waals surface area contributed by atoms with E-state index in [0.29, 0.717) is 11.5 Å². The highest BCUT2D eigenvalue weighted by molar-refractivity contribution is 9.10. The van der Waals surface area contributed by atoms with Crippen molar-refractivity contribution in [2.75, 3.05) is 0 Å². The van der Waals surface area contributed by atoms with Crippen LogP contribution in [0, 0.1) is 0 Å². The lowest BCUT2D eigenvalue weighted by atomic mass is 9.99. The molecule has 0 radical (unpaired) electrons. The summed E-state index contributed by atoms with van der Waals surface area (Å²) >= 11 is 3.53. The van der Waals surface area contributed by atoms with Crippen LogP contribution in [0.3, 0.4) is 0 Å². The fourth-order valence-corrected chi connectivity index (χ4v) is 4.38. The first-order valence-corrected chi connectivity index (χ1v) is 11.8. The van der Waals surface area contributed by atoms with E-state index in [4.69, 9.17) is 15.0 Å². The number of aromatic nitrogens is 4. The van der Waals surface area contributed by atoms with Crippen molar-refractivity contribution in [2.45, 2.75) is 0 Å². The van der Waals surface area contributed by atoms with Gasteiger partial charge in [-0.05, 0) is 23.3 Å². The summed E-state index contributed by atoms with van der Waals surface area (Å²) in [5.74, 6) is 1.43. The van der Waals surface area contributed by atoms with Crippen molar-refractivity contribution in [2.24, 2.45) is 0 Å². The molecule has 0 aliphatic carbocycles. The van der Waals surface area contributed by atoms with Crippen molar-refractivity contribution in [3.63, 3.8) is 0 Å². The van der Waals surface area contributed by atoms with Gasteiger partial charge in [0, 0.05) is 21.2 Å². The Balaban J connectivity index is 1.57. The highest BCUT2D eigenvalue weighted by Gasteiger charge is 2.17. The molecule has 0 saturated heterocycles. The van der Waals surface area contributed by atoms with E-state index in [1.54, 1.807) is 0 Å². The van der Waals surface area contributed by atoms with E-state index in [9.17, 15) is 0 Å². The normalized spacial score (nSPS) is 11.1. The zero-order chi connectivity index (χ0) is 22.9. The van der Waals surface area contributed by atoms with E-state index >= 15 is 0 Å². The second-order valence-electron chi connectivity index (χ2n) is 7.96. The highest BCUT2D eigenvalue weighted by atomic mass is 79.9. The molecule has 4 nitrogen and oxygen atoms in total. The van der Waals surface area contributed by atoms with Crippen LogP contribution in [0.2, 0.25) is 0 Å². The zero-order valence-electron chi connectivity index (χ0n) is 18.1. The first-order chi connectivity index (χ1) is 16.8. The van der Waals surface area contributed by atoms with Gasteiger partial charge in [0.05, 0.1) is 0 Å². The standard InChI is InChI=1S/C29H19BrN4/c30-22-17-15-19(16-18-22)23-13-7-8-14-24(23)28-32-26-25(20-9-3-1-4-10-20)31-27(33-29(26)34-28)21-11-5-2-6-12-21/h1-18H,(H,31,32,33,34). The van der Waals surface area contributed by atoms with Crippen LogP contribution in [0.4, 0.5) is 0 Å². The van der Waals surface area contributed by atoms with Crippen LogP contribution in [0.5, 0.6) is 0 Å². The Bertz CT molecular complexity index is 1590. The van der Waals surface area contributed by atoms with E-state index in [1.807, 2.05) is 60.7 Å². The average Bonchev–Trinajstić information content (AvgIpc) is 3.34. The lowest BCUT2D eigenvalue weighted by molar-refractivity contribution is 1.21. The van der Waals surface area contributed by atoms with Crippen molar-refractivity contribution in [1.29, 1.82) is 0 Å². The second-order valence-corrected chi connectivity index (χ2v) is 8.88. The van der Waals surface area contributed by atoms with Crippen molar-refractivity contribution in [3.8, 4) is 45.2 Å². The number of H-pyrrole nitrogens is 1. The third kappa shape index (κ3) is 3.80. The van der Waals surface area contributed by atoms with Crippen LogP contribution in [0.1, 0.15) is 0 Å². The summed E-state index contributed by atoms with van der Waals surface area (Å²) in [5.41, 5.74) is 7.53. The van der Waals surface area contributed by atoms with E-state index in [-0.39, 0.29) is 0 Å². The van der Waals surface area contributed by atoms with Gasteiger partial charge in [0.2, 0.25) is 0 Å². The second kappa shape index (κ2) is 8.69. The summed E-state index contributed by atoms with van der Waals surface area (Å²) in [6.45, 7) is 0. The first kappa shape index (κ1) is 20.5. The van der Waals surface area contributed by atoms with Crippen LogP contribution in [0.25, 0.3) is 56.3 Å². The summed E-state index contributed by atoms with van der Waals surface area (Å²) in [4.78, 5) is 18.3. The zero-order valence-corrected chi connectivity index (χ0v) is 19.7. The Kier molecular flexibility index (Phi) is 5.24. The van der Waals surface area contributed by atoms with Crippen LogP contribution >= 0.6 is 15.9 Å². The minimum atomic E-state index is 0.647. The molecule has 6 aromatic rings. The number of hydrogen-bond donors (Lipinski definition) is 1. The molecule has 34 heavy (non-hydrogen) atoms. The number of hydrogen-bond acceptors (Lipinski definition) is 3. The molecule has 6 rings (SSSR count). The third-order valence-corrected chi connectivity index (χ3v) is 6.30. The third-order valence-electron chi connectivity index (χ3n) is 5.77. The van der Waals surface area contributed by atoms with Crippen molar-refractivity contribution < 1.29 is 0 Å². The van der Waals surface area contributed by atoms with E-state index in [0.717, 1.165) is 49.3 Å². The molecule has 0 spiro atoms. The van der Waals surface area contributed by atoms with Gasteiger partial charge in [-0.25, -0.2) is 15.0 Å². The number of nitrogens with one attached hydrogen (secondary N) is 1. The molecule has 0 saturated carbocycles. The summed E-state index contributed by atoms with van der Waals surface area (Å²) in [6.07, 6.45) is 0.